The smallest absolute Gasteiger partial charge is 0.358 e. The topological polar surface area (TPSA) is 90.7 Å². The van der Waals surface area contributed by atoms with Gasteiger partial charge in [0, 0.05) is 19.3 Å². The molecule has 2 heterocycles. The number of anilines is 1. The maximum atomic E-state index is 13.2. The standard InChI is InChI=1S/C17H21N3O5S/c1-4-25-16(21)14-11-19-8-5-9-20(17(19)18-14)26(22,23)15-7-6-13(24-3)10-12(15)2/h6-7,10-11H,4-5,8-9H2,1-3H3. The Labute approximate surface area is 152 Å². The maximum absolute atomic E-state index is 13.2. The highest BCUT2D eigenvalue weighted by Gasteiger charge is 2.33. The van der Waals surface area contributed by atoms with Crippen LogP contribution >= 0.6 is 0 Å². The number of carbonyl (C=O) groups is 1. The van der Waals surface area contributed by atoms with Crippen molar-refractivity contribution in [2.45, 2.75) is 31.7 Å². The first kappa shape index (κ1) is 18.2. The number of fused-ring (bicyclic) bond motifs is 1. The van der Waals surface area contributed by atoms with Gasteiger partial charge in [-0.05, 0) is 44.0 Å². The summed E-state index contributed by atoms with van der Waals surface area (Å²) in [6.07, 6.45) is 2.16. The number of benzene rings is 1. The number of aryl methyl sites for hydroxylation is 2. The molecule has 0 bridgehead atoms. The van der Waals surface area contributed by atoms with Crippen LogP contribution in [0.2, 0.25) is 0 Å². The van der Waals surface area contributed by atoms with Gasteiger partial charge in [-0.3, -0.25) is 0 Å². The molecule has 8 nitrogen and oxygen atoms in total. The molecule has 3 rings (SSSR count). The molecule has 0 amide bonds. The van der Waals surface area contributed by atoms with Crippen LogP contribution in [0.15, 0.2) is 29.3 Å². The lowest BCUT2D eigenvalue weighted by molar-refractivity contribution is 0.0520. The molecule has 0 spiro atoms. The van der Waals surface area contributed by atoms with E-state index in [1.807, 2.05) is 0 Å². The Balaban J connectivity index is 2.02. The van der Waals surface area contributed by atoms with Gasteiger partial charge in [-0.1, -0.05) is 0 Å². The molecule has 0 fully saturated rings. The number of rotatable bonds is 5. The van der Waals surface area contributed by atoms with Crippen molar-refractivity contribution in [2.24, 2.45) is 0 Å². The summed E-state index contributed by atoms with van der Waals surface area (Å²) < 4.78 is 39.4. The number of hydrogen-bond acceptors (Lipinski definition) is 6. The Hall–Kier alpha value is -2.55. The summed E-state index contributed by atoms with van der Waals surface area (Å²) in [5, 5.41) is 0. The molecule has 1 aliphatic heterocycles. The van der Waals surface area contributed by atoms with Crippen molar-refractivity contribution >= 4 is 21.9 Å². The predicted molar refractivity (Wildman–Crippen MR) is 95.1 cm³/mol. The van der Waals surface area contributed by atoms with Gasteiger partial charge in [0.25, 0.3) is 10.0 Å². The molecule has 0 saturated heterocycles. The van der Waals surface area contributed by atoms with Gasteiger partial charge < -0.3 is 14.0 Å². The first-order chi connectivity index (χ1) is 12.4. The Kier molecular flexibility index (Phi) is 4.90. The third kappa shape index (κ3) is 3.14. The number of imidazole rings is 1. The van der Waals surface area contributed by atoms with Crippen molar-refractivity contribution in [2.75, 3.05) is 24.6 Å². The predicted octanol–water partition coefficient (Wildman–Crippen LogP) is 1.98. The molecule has 0 atom stereocenters. The average Bonchev–Trinajstić information content (AvgIpc) is 3.05. The highest BCUT2D eigenvalue weighted by molar-refractivity contribution is 7.92. The van der Waals surface area contributed by atoms with Crippen LogP contribution < -0.4 is 9.04 Å². The van der Waals surface area contributed by atoms with Gasteiger partial charge in [0.15, 0.2) is 5.69 Å². The summed E-state index contributed by atoms with van der Waals surface area (Å²) in [5.74, 6) is 0.257. The lowest BCUT2D eigenvalue weighted by Crippen LogP contribution is -2.38. The molecule has 1 aromatic carbocycles. The number of aromatic nitrogens is 2. The van der Waals surface area contributed by atoms with Crippen molar-refractivity contribution in [3.8, 4) is 5.75 Å². The number of esters is 1. The van der Waals surface area contributed by atoms with Gasteiger partial charge in [-0.15, -0.1) is 0 Å². The van der Waals surface area contributed by atoms with Gasteiger partial charge in [-0.25, -0.2) is 22.5 Å². The number of carbonyl (C=O) groups excluding carboxylic acids is 1. The van der Waals surface area contributed by atoms with E-state index in [2.05, 4.69) is 4.98 Å². The fourth-order valence-corrected chi connectivity index (χ4v) is 4.62. The Morgan fingerprint density at radius 2 is 2.08 bits per heavy atom. The zero-order chi connectivity index (χ0) is 18.9. The van der Waals surface area contributed by atoms with Gasteiger partial charge >= 0.3 is 5.97 Å². The molecule has 0 unspecified atom stereocenters. The fraction of sp³-hybridized carbons (Fsp3) is 0.412. The quantitative estimate of drug-likeness (QED) is 0.738. The third-order valence-electron chi connectivity index (χ3n) is 4.17. The van der Waals surface area contributed by atoms with Crippen molar-refractivity contribution in [1.82, 2.24) is 9.55 Å². The SMILES string of the molecule is CCOC(=O)c1cn2c(n1)N(S(=O)(=O)c1ccc(OC)cc1C)CCC2. The van der Waals surface area contributed by atoms with E-state index in [0.717, 1.165) is 0 Å². The average molecular weight is 379 g/mol. The zero-order valence-electron chi connectivity index (χ0n) is 14.9. The van der Waals surface area contributed by atoms with Crippen molar-refractivity contribution in [3.05, 3.63) is 35.7 Å². The molecule has 1 aliphatic rings. The minimum Gasteiger partial charge on any atom is -0.497 e. The van der Waals surface area contributed by atoms with Gasteiger partial charge in [-0.2, -0.15) is 0 Å². The van der Waals surface area contributed by atoms with Crippen LogP contribution in [0.5, 0.6) is 5.75 Å². The van der Waals surface area contributed by atoms with E-state index in [1.165, 1.54) is 23.7 Å². The number of ether oxygens (including phenoxy) is 2. The summed E-state index contributed by atoms with van der Waals surface area (Å²) in [6.45, 7) is 4.55. The van der Waals surface area contributed by atoms with E-state index in [1.54, 1.807) is 30.5 Å². The number of sulfonamides is 1. The van der Waals surface area contributed by atoms with Crippen molar-refractivity contribution in [1.29, 1.82) is 0 Å². The fourth-order valence-electron chi connectivity index (χ4n) is 2.94. The molecule has 2 aromatic rings. The van der Waals surface area contributed by atoms with Crippen molar-refractivity contribution in [3.63, 3.8) is 0 Å². The van der Waals surface area contributed by atoms with Crippen LogP contribution in [0, 0.1) is 6.92 Å². The maximum Gasteiger partial charge on any atom is 0.358 e. The summed E-state index contributed by atoms with van der Waals surface area (Å²) in [7, 11) is -2.28. The largest absolute Gasteiger partial charge is 0.497 e. The number of hydrogen-bond donors (Lipinski definition) is 0. The summed E-state index contributed by atoms with van der Waals surface area (Å²) in [5.41, 5.74) is 0.689. The minimum atomic E-state index is -3.81. The van der Waals surface area contributed by atoms with Crippen LogP contribution in [-0.2, 0) is 21.3 Å². The molecular formula is C17H21N3O5S. The van der Waals surface area contributed by atoms with E-state index in [-0.39, 0.29) is 23.1 Å². The first-order valence-electron chi connectivity index (χ1n) is 8.30. The molecule has 0 aliphatic carbocycles. The highest BCUT2D eigenvalue weighted by atomic mass is 32.2. The molecule has 9 heteroatoms. The van der Waals surface area contributed by atoms with Crippen LogP contribution in [-0.4, -0.2) is 44.2 Å². The van der Waals surface area contributed by atoms with E-state index in [4.69, 9.17) is 9.47 Å². The molecule has 0 radical (unpaired) electrons. The van der Waals surface area contributed by atoms with Crippen LogP contribution in [0.4, 0.5) is 5.95 Å². The molecule has 1 aromatic heterocycles. The monoisotopic (exact) mass is 379 g/mol. The minimum absolute atomic E-state index is 0.107. The molecule has 140 valence electrons. The van der Waals surface area contributed by atoms with Crippen LogP contribution in [0.1, 0.15) is 29.4 Å². The Bertz CT molecular complexity index is 936. The second-order valence-corrected chi connectivity index (χ2v) is 7.73. The van der Waals surface area contributed by atoms with E-state index >= 15 is 0 Å². The van der Waals surface area contributed by atoms with Crippen LogP contribution in [0.3, 0.4) is 0 Å². The zero-order valence-corrected chi connectivity index (χ0v) is 15.7. The lowest BCUT2D eigenvalue weighted by atomic mass is 10.2. The van der Waals surface area contributed by atoms with Crippen LogP contribution in [0.25, 0.3) is 0 Å². The van der Waals surface area contributed by atoms with E-state index < -0.39 is 16.0 Å². The number of methoxy groups -OCH3 is 1. The van der Waals surface area contributed by atoms with Gasteiger partial charge in [0.2, 0.25) is 5.95 Å². The number of nitrogens with zero attached hydrogens (tertiary/aromatic N) is 3. The van der Waals surface area contributed by atoms with E-state index in [9.17, 15) is 13.2 Å². The normalized spacial score (nSPS) is 14.0. The van der Waals surface area contributed by atoms with E-state index in [0.29, 0.717) is 30.8 Å². The van der Waals surface area contributed by atoms with Gasteiger partial charge in [0.1, 0.15) is 5.75 Å². The Morgan fingerprint density at radius 3 is 2.73 bits per heavy atom. The third-order valence-corrected chi connectivity index (χ3v) is 6.11. The second-order valence-electron chi connectivity index (χ2n) is 5.90. The molecule has 26 heavy (non-hydrogen) atoms. The molecular weight excluding hydrogens is 358 g/mol. The Morgan fingerprint density at radius 1 is 1.31 bits per heavy atom. The summed E-state index contributed by atoms with van der Waals surface area (Å²) in [6, 6.07) is 4.81. The summed E-state index contributed by atoms with van der Waals surface area (Å²) in [4.78, 5) is 16.3. The molecule has 0 N–H and O–H groups in total. The van der Waals surface area contributed by atoms with Crippen molar-refractivity contribution < 1.29 is 22.7 Å². The summed E-state index contributed by atoms with van der Waals surface area (Å²) >= 11 is 0. The highest BCUT2D eigenvalue weighted by Crippen LogP contribution is 2.30. The van der Waals surface area contributed by atoms with Gasteiger partial charge in [0.05, 0.1) is 18.6 Å². The molecule has 0 saturated carbocycles. The second kappa shape index (κ2) is 6.99. The first-order valence-corrected chi connectivity index (χ1v) is 9.74. The lowest BCUT2D eigenvalue weighted by Gasteiger charge is -2.28.